The SMILES string of the molecule is O=C([O-])CCC(=O)O.OB(F)F.[Li+].c1ccsc1. The van der Waals surface area contributed by atoms with E-state index >= 15 is 0 Å². The number of hydrogen-bond acceptors (Lipinski definition) is 5. The van der Waals surface area contributed by atoms with Gasteiger partial charge in [-0.15, -0.1) is 0 Å². The fraction of sp³-hybridized carbons (Fsp3) is 0.250. The van der Waals surface area contributed by atoms with Crippen molar-refractivity contribution in [1.29, 1.82) is 0 Å². The van der Waals surface area contributed by atoms with Gasteiger partial charge in [0.05, 0.1) is 6.42 Å². The molecule has 0 spiro atoms. The quantitative estimate of drug-likeness (QED) is 0.582. The summed E-state index contributed by atoms with van der Waals surface area (Å²) in [5.41, 5.74) is 0. The fourth-order valence-corrected chi connectivity index (χ4v) is 0.889. The summed E-state index contributed by atoms with van der Waals surface area (Å²) in [5.74, 6) is -2.44. The molecule has 1 rings (SSSR count). The summed E-state index contributed by atoms with van der Waals surface area (Å²) in [6, 6.07) is 4.04. The number of halogens is 2. The largest absolute Gasteiger partial charge is 1.00 e. The summed E-state index contributed by atoms with van der Waals surface area (Å²) in [5, 5.41) is 28.2. The van der Waals surface area contributed by atoms with Crippen molar-refractivity contribution in [3.63, 3.8) is 0 Å². The molecule has 1 aromatic rings. The van der Waals surface area contributed by atoms with Gasteiger partial charge in [-0.1, -0.05) is 12.1 Å². The fourth-order valence-electron chi connectivity index (χ4n) is 0.436. The molecule has 0 aliphatic heterocycles. The van der Waals surface area contributed by atoms with Crippen LogP contribution in [0.2, 0.25) is 0 Å². The van der Waals surface area contributed by atoms with E-state index in [1.807, 2.05) is 22.9 Å². The second-order valence-corrected chi connectivity index (χ2v) is 3.15. The third-order valence-electron chi connectivity index (χ3n) is 0.968. The predicted octanol–water partition coefficient (Wildman–Crippen LogP) is -2.74. The van der Waals surface area contributed by atoms with E-state index in [9.17, 15) is 23.3 Å². The molecular formula is C8H10BF2LiO5S. The van der Waals surface area contributed by atoms with Gasteiger partial charge in [0.15, 0.2) is 0 Å². The van der Waals surface area contributed by atoms with E-state index in [1.54, 1.807) is 11.3 Å². The van der Waals surface area contributed by atoms with Crippen LogP contribution in [0.15, 0.2) is 22.9 Å². The first-order chi connectivity index (χ1) is 7.86. The number of carbonyl (C=O) groups excluding carboxylic acids is 1. The predicted molar refractivity (Wildman–Crippen MR) is 56.4 cm³/mol. The van der Waals surface area contributed by atoms with Gasteiger partial charge in [0.25, 0.3) is 0 Å². The van der Waals surface area contributed by atoms with Crippen LogP contribution in [0.25, 0.3) is 0 Å². The number of carbonyl (C=O) groups is 2. The number of carboxylic acids is 2. The molecule has 5 nitrogen and oxygen atoms in total. The van der Waals surface area contributed by atoms with E-state index in [2.05, 4.69) is 0 Å². The molecule has 0 aromatic carbocycles. The number of hydrogen-bond donors (Lipinski definition) is 2. The van der Waals surface area contributed by atoms with Crippen molar-refractivity contribution in [3.05, 3.63) is 22.9 Å². The first kappa shape index (κ1) is 22.3. The third kappa shape index (κ3) is 36.2. The van der Waals surface area contributed by atoms with Gasteiger partial charge >= 0.3 is 32.3 Å². The van der Waals surface area contributed by atoms with Crippen LogP contribution >= 0.6 is 11.3 Å². The molecule has 2 N–H and O–H groups in total. The van der Waals surface area contributed by atoms with Gasteiger partial charge in [-0.2, -0.15) is 11.3 Å². The average molecular weight is 274 g/mol. The molecule has 0 saturated carbocycles. The number of thiophene rings is 1. The topological polar surface area (TPSA) is 97.7 Å². The summed E-state index contributed by atoms with van der Waals surface area (Å²) in [7, 11) is -3.17. The molecule has 0 atom stereocenters. The number of aliphatic carboxylic acids is 2. The minimum absolute atomic E-state index is 0. The van der Waals surface area contributed by atoms with Crippen molar-refractivity contribution < 1.29 is 52.3 Å². The molecule has 96 valence electrons. The van der Waals surface area contributed by atoms with Crippen LogP contribution in [0.3, 0.4) is 0 Å². The van der Waals surface area contributed by atoms with Gasteiger partial charge in [0, 0.05) is 5.97 Å². The van der Waals surface area contributed by atoms with Crippen molar-refractivity contribution in [1.82, 2.24) is 0 Å². The van der Waals surface area contributed by atoms with Crippen molar-refractivity contribution in [3.8, 4) is 0 Å². The van der Waals surface area contributed by atoms with Crippen LogP contribution in [0, 0.1) is 0 Å². The van der Waals surface area contributed by atoms with Crippen LogP contribution < -0.4 is 24.0 Å². The van der Waals surface area contributed by atoms with Gasteiger partial charge in [0.1, 0.15) is 0 Å². The maximum Gasteiger partial charge on any atom is 1.00 e. The molecule has 0 amide bonds. The molecular weight excluding hydrogens is 264 g/mol. The summed E-state index contributed by atoms with van der Waals surface area (Å²) in [6.45, 7) is 0. The zero-order valence-corrected chi connectivity index (χ0v) is 10.4. The van der Waals surface area contributed by atoms with Crippen LogP contribution in [0.1, 0.15) is 12.8 Å². The van der Waals surface area contributed by atoms with E-state index in [-0.39, 0.29) is 25.3 Å². The first-order valence-electron chi connectivity index (χ1n) is 4.21. The van der Waals surface area contributed by atoms with E-state index < -0.39 is 25.8 Å². The Labute approximate surface area is 119 Å². The van der Waals surface area contributed by atoms with Crippen LogP contribution in [-0.2, 0) is 9.59 Å². The van der Waals surface area contributed by atoms with Crippen molar-refractivity contribution in [2.24, 2.45) is 0 Å². The van der Waals surface area contributed by atoms with Gasteiger partial charge in [-0.25, -0.2) is 0 Å². The molecule has 0 saturated heterocycles. The molecule has 1 aromatic heterocycles. The van der Waals surface area contributed by atoms with Gasteiger partial charge < -0.3 is 20.0 Å². The Bertz CT molecular complexity index is 266. The first-order valence-corrected chi connectivity index (χ1v) is 5.15. The van der Waals surface area contributed by atoms with E-state index in [4.69, 9.17) is 10.1 Å². The molecule has 0 aliphatic rings. The Kier molecular flexibility index (Phi) is 20.0. The van der Waals surface area contributed by atoms with Crippen LogP contribution in [0.5, 0.6) is 0 Å². The van der Waals surface area contributed by atoms with Crippen molar-refractivity contribution >= 4 is 30.7 Å². The molecule has 0 unspecified atom stereocenters. The average Bonchev–Trinajstić information content (AvgIpc) is 2.71. The second-order valence-electron chi connectivity index (χ2n) is 2.34. The molecule has 10 heteroatoms. The summed E-state index contributed by atoms with van der Waals surface area (Å²) < 4.78 is 19.8. The van der Waals surface area contributed by atoms with Gasteiger partial charge in [-0.3, -0.25) is 13.4 Å². The summed E-state index contributed by atoms with van der Waals surface area (Å²) in [6.07, 6.45) is -0.766. The molecule has 0 bridgehead atoms. The van der Waals surface area contributed by atoms with Crippen molar-refractivity contribution in [2.45, 2.75) is 12.8 Å². The monoisotopic (exact) mass is 274 g/mol. The van der Waals surface area contributed by atoms with Gasteiger partial charge in [-0.05, 0) is 17.2 Å². The molecule has 18 heavy (non-hydrogen) atoms. The second kappa shape index (κ2) is 16.1. The maximum absolute atomic E-state index is 9.89. The van der Waals surface area contributed by atoms with Crippen molar-refractivity contribution in [2.75, 3.05) is 0 Å². The summed E-state index contributed by atoms with van der Waals surface area (Å²) >= 11 is 1.71. The minimum atomic E-state index is -3.17. The van der Waals surface area contributed by atoms with E-state index in [0.717, 1.165) is 0 Å². The Morgan fingerprint density at radius 1 is 1.22 bits per heavy atom. The smallest absolute Gasteiger partial charge is 0.550 e. The van der Waals surface area contributed by atoms with Crippen LogP contribution in [0.4, 0.5) is 8.63 Å². The zero-order valence-electron chi connectivity index (χ0n) is 9.58. The number of carboxylic acid groups (broad SMARTS) is 2. The summed E-state index contributed by atoms with van der Waals surface area (Å²) in [4.78, 5) is 19.1. The molecule has 0 aliphatic carbocycles. The Hall–Kier alpha value is -0.878. The standard InChI is InChI=1S/C4H6O4.C4H4S.BF2HO.Li/c5-3(6)1-2-4(7)8;1-2-4-5-3-1;2-1(3)4;/h1-2H2,(H,5,6)(H,7,8);1-4H;4H;/q;;;+1/p-1. The Morgan fingerprint density at radius 3 is 1.72 bits per heavy atom. The Balaban J connectivity index is -0.000000195. The normalized spacial score (nSPS) is 7.50. The molecule has 1 heterocycles. The third-order valence-corrected chi connectivity index (χ3v) is 1.60. The zero-order chi connectivity index (χ0) is 13.7. The van der Waals surface area contributed by atoms with Crippen LogP contribution in [-0.4, -0.2) is 29.5 Å². The van der Waals surface area contributed by atoms with Gasteiger partial charge in [0.2, 0.25) is 0 Å². The van der Waals surface area contributed by atoms with E-state index in [1.165, 1.54) is 0 Å². The number of rotatable bonds is 3. The Morgan fingerprint density at radius 2 is 1.61 bits per heavy atom. The minimum Gasteiger partial charge on any atom is -0.550 e. The molecule has 0 fully saturated rings. The van der Waals surface area contributed by atoms with E-state index in [0.29, 0.717) is 0 Å². The maximum atomic E-state index is 9.89. The molecule has 0 radical (unpaired) electrons.